The highest BCUT2D eigenvalue weighted by Gasteiger charge is 2.24. The van der Waals surface area contributed by atoms with Crippen LogP contribution in [0.1, 0.15) is 29.3 Å². The van der Waals surface area contributed by atoms with Crippen molar-refractivity contribution in [2.45, 2.75) is 20.3 Å². The fourth-order valence-electron chi connectivity index (χ4n) is 4.13. The first-order valence-electron chi connectivity index (χ1n) is 11.9. The van der Waals surface area contributed by atoms with Crippen molar-refractivity contribution in [3.8, 4) is 11.3 Å². The summed E-state index contributed by atoms with van der Waals surface area (Å²) in [5.74, 6) is 0.0207. The van der Waals surface area contributed by atoms with E-state index in [1.54, 1.807) is 4.90 Å². The van der Waals surface area contributed by atoms with Gasteiger partial charge in [-0.1, -0.05) is 29.8 Å². The summed E-state index contributed by atoms with van der Waals surface area (Å²) < 4.78 is 13.2. The SMILES string of the molecule is CCN(CC(=O)N1CCCN(c2ccc(-c3ccc(C)cc3)nn2)CC1)C(=O)c1ccc(F)cc1. The number of halogens is 1. The van der Waals surface area contributed by atoms with Crippen molar-refractivity contribution >= 4 is 17.6 Å². The minimum atomic E-state index is -0.399. The third-order valence-corrected chi connectivity index (χ3v) is 6.26. The number of nitrogens with zero attached hydrogens (tertiary/aromatic N) is 5. The molecule has 0 unspecified atom stereocenters. The van der Waals surface area contributed by atoms with Crippen LogP contribution in [0.4, 0.5) is 10.2 Å². The number of carbonyl (C=O) groups excluding carboxylic acids is 2. The Balaban J connectivity index is 1.35. The molecule has 0 atom stereocenters. The topological polar surface area (TPSA) is 69.6 Å². The Hall–Kier alpha value is -3.81. The maximum atomic E-state index is 13.2. The van der Waals surface area contributed by atoms with Gasteiger partial charge in [0.1, 0.15) is 12.4 Å². The number of carbonyl (C=O) groups is 2. The fraction of sp³-hybridized carbons (Fsp3) is 0.333. The summed E-state index contributed by atoms with van der Waals surface area (Å²) in [5, 5.41) is 8.83. The Morgan fingerprint density at radius 3 is 2.31 bits per heavy atom. The molecule has 8 heteroatoms. The van der Waals surface area contributed by atoms with Gasteiger partial charge in [0.05, 0.1) is 5.69 Å². The van der Waals surface area contributed by atoms with E-state index in [2.05, 4.69) is 34.2 Å². The summed E-state index contributed by atoms with van der Waals surface area (Å²) in [7, 11) is 0. The van der Waals surface area contributed by atoms with Gasteiger partial charge in [-0.25, -0.2) is 4.39 Å². The van der Waals surface area contributed by atoms with Gasteiger partial charge in [-0.05, 0) is 56.7 Å². The molecule has 35 heavy (non-hydrogen) atoms. The van der Waals surface area contributed by atoms with Crippen molar-refractivity contribution in [3.63, 3.8) is 0 Å². The smallest absolute Gasteiger partial charge is 0.254 e. The van der Waals surface area contributed by atoms with Crippen LogP contribution in [0.25, 0.3) is 11.3 Å². The van der Waals surface area contributed by atoms with Crippen LogP contribution in [0, 0.1) is 12.7 Å². The number of hydrogen-bond donors (Lipinski definition) is 0. The van der Waals surface area contributed by atoms with E-state index in [1.165, 1.54) is 34.7 Å². The van der Waals surface area contributed by atoms with E-state index in [4.69, 9.17) is 0 Å². The molecule has 4 rings (SSSR count). The number of amides is 2. The zero-order valence-electron chi connectivity index (χ0n) is 20.2. The van der Waals surface area contributed by atoms with Gasteiger partial charge < -0.3 is 14.7 Å². The highest BCUT2D eigenvalue weighted by molar-refractivity contribution is 5.96. The lowest BCUT2D eigenvalue weighted by Gasteiger charge is -2.26. The molecule has 0 bridgehead atoms. The lowest BCUT2D eigenvalue weighted by Crippen LogP contribution is -2.44. The van der Waals surface area contributed by atoms with E-state index in [0.717, 1.165) is 30.0 Å². The minimum absolute atomic E-state index is 0.00222. The second-order valence-corrected chi connectivity index (χ2v) is 8.69. The van der Waals surface area contributed by atoms with Crippen molar-refractivity contribution in [2.24, 2.45) is 0 Å². The molecule has 2 aromatic carbocycles. The van der Waals surface area contributed by atoms with Gasteiger partial charge in [0, 0.05) is 43.9 Å². The van der Waals surface area contributed by atoms with E-state index < -0.39 is 5.82 Å². The van der Waals surface area contributed by atoms with Crippen LogP contribution in [0.15, 0.2) is 60.7 Å². The fourth-order valence-corrected chi connectivity index (χ4v) is 4.13. The quantitative estimate of drug-likeness (QED) is 0.543. The molecule has 1 aliphatic heterocycles. The van der Waals surface area contributed by atoms with E-state index in [0.29, 0.717) is 31.7 Å². The van der Waals surface area contributed by atoms with E-state index in [1.807, 2.05) is 31.2 Å². The Labute approximate surface area is 205 Å². The summed E-state index contributed by atoms with van der Waals surface area (Å²) in [6.07, 6.45) is 0.797. The van der Waals surface area contributed by atoms with Crippen molar-refractivity contribution in [3.05, 3.63) is 77.6 Å². The average Bonchev–Trinajstić information content (AvgIpc) is 3.14. The third-order valence-electron chi connectivity index (χ3n) is 6.26. The molecule has 1 fully saturated rings. The Morgan fingerprint density at radius 2 is 1.66 bits per heavy atom. The van der Waals surface area contributed by atoms with Crippen molar-refractivity contribution in [1.82, 2.24) is 20.0 Å². The maximum Gasteiger partial charge on any atom is 0.254 e. The monoisotopic (exact) mass is 475 g/mol. The van der Waals surface area contributed by atoms with Crippen LogP contribution in [-0.4, -0.2) is 71.1 Å². The highest BCUT2D eigenvalue weighted by atomic mass is 19.1. The molecule has 1 saturated heterocycles. The molecule has 7 nitrogen and oxygen atoms in total. The molecule has 0 spiro atoms. The number of benzene rings is 2. The Bertz CT molecular complexity index is 1150. The summed E-state index contributed by atoms with van der Waals surface area (Å²) in [6.45, 7) is 6.85. The number of hydrogen-bond acceptors (Lipinski definition) is 5. The minimum Gasteiger partial charge on any atom is -0.353 e. The van der Waals surface area contributed by atoms with E-state index >= 15 is 0 Å². The summed E-state index contributed by atoms with van der Waals surface area (Å²) in [5.41, 5.74) is 3.42. The van der Waals surface area contributed by atoms with Crippen molar-refractivity contribution in [1.29, 1.82) is 0 Å². The normalized spacial score (nSPS) is 13.9. The molecule has 1 aliphatic rings. The van der Waals surface area contributed by atoms with E-state index in [-0.39, 0.29) is 18.4 Å². The van der Waals surface area contributed by atoms with Crippen LogP contribution < -0.4 is 4.90 Å². The molecule has 0 N–H and O–H groups in total. The average molecular weight is 476 g/mol. The van der Waals surface area contributed by atoms with Crippen LogP contribution in [0.2, 0.25) is 0 Å². The number of rotatable bonds is 6. The van der Waals surface area contributed by atoms with E-state index in [9.17, 15) is 14.0 Å². The van der Waals surface area contributed by atoms with Gasteiger partial charge >= 0.3 is 0 Å². The zero-order chi connectivity index (χ0) is 24.8. The molecule has 182 valence electrons. The largest absolute Gasteiger partial charge is 0.353 e. The first-order chi connectivity index (χ1) is 16.9. The molecule has 0 saturated carbocycles. The Kier molecular flexibility index (Phi) is 7.70. The predicted molar refractivity (Wildman–Crippen MR) is 134 cm³/mol. The summed E-state index contributed by atoms with van der Waals surface area (Å²) in [4.78, 5) is 31.2. The first-order valence-corrected chi connectivity index (χ1v) is 11.9. The molecule has 2 heterocycles. The highest BCUT2D eigenvalue weighted by Crippen LogP contribution is 2.20. The van der Waals surface area contributed by atoms with Gasteiger partial charge in [-0.3, -0.25) is 9.59 Å². The van der Waals surface area contributed by atoms with Crippen LogP contribution in [0.5, 0.6) is 0 Å². The first kappa shape index (κ1) is 24.3. The van der Waals surface area contributed by atoms with Crippen LogP contribution in [-0.2, 0) is 4.79 Å². The molecule has 0 aliphatic carbocycles. The molecule has 0 radical (unpaired) electrons. The third kappa shape index (κ3) is 6.01. The number of aromatic nitrogens is 2. The summed E-state index contributed by atoms with van der Waals surface area (Å²) >= 11 is 0. The standard InChI is InChI=1S/C27H30FN5O2/c1-3-31(27(35)22-9-11-23(28)12-10-22)19-26(34)33-16-4-15-32(17-18-33)25-14-13-24(29-30-25)21-7-5-20(2)6-8-21/h5-14H,3-4,15-19H2,1-2H3. The van der Waals surface area contributed by atoms with Crippen molar-refractivity contribution < 1.29 is 14.0 Å². The van der Waals surface area contributed by atoms with Gasteiger partial charge in [0.2, 0.25) is 5.91 Å². The second-order valence-electron chi connectivity index (χ2n) is 8.69. The van der Waals surface area contributed by atoms with Gasteiger partial charge in [0.15, 0.2) is 5.82 Å². The van der Waals surface area contributed by atoms with Crippen LogP contribution >= 0.6 is 0 Å². The lowest BCUT2D eigenvalue weighted by atomic mass is 10.1. The molecule has 3 aromatic rings. The molecule has 2 amide bonds. The second kappa shape index (κ2) is 11.1. The zero-order valence-corrected chi connectivity index (χ0v) is 20.2. The van der Waals surface area contributed by atoms with Gasteiger partial charge in [-0.15, -0.1) is 10.2 Å². The Morgan fingerprint density at radius 1 is 0.914 bits per heavy atom. The number of aryl methyl sites for hydroxylation is 1. The van der Waals surface area contributed by atoms with Gasteiger partial charge in [0.25, 0.3) is 5.91 Å². The molecular weight excluding hydrogens is 445 g/mol. The predicted octanol–water partition coefficient (Wildman–Crippen LogP) is 3.79. The van der Waals surface area contributed by atoms with Crippen LogP contribution in [0.3, 0.4) is 0 Å². The maximum absolute atomic E-state index is 13.2. The number of anilines is 1. The van der Waals surface area contributed by atoms with Gasteiger partial charge in [-0.2, -0.15) is 0 Å². The van der Waals surface area contributed by atoms with Crippen molar-refractivity contribution in [2.75, 3.05) is 44.2 Å². The summed E-state index contributed by atoms with van der Waals surface area (Å²) in [6, 6.07) is 17.5. The molecular formula is C27H30FN5O2. The lowest BCUT2D eigenvalue weighted by molar-refractivity contribution is -0.131. The molecule has 1 aromatic heterocycles. The number of likely N-dealkylation sites (N-methyl/N-ethyl adjacent to an activating group) is 1.